The lowest BCUT2D eigenvalue weighted by Gasteiger charge is -2.20. The Balaban J connectivity index is 1.85. The van der Waals surface area contributed by atoms with Crippen LogP contribution in [0.2, 0.25) is 0 Å². The molecule has 1 aliphatic rings. The molecule has 25 heavy (non-hydrogen) atoms. The third kappa shape index (κ3) is 3.91. The highest BCUT2D eigenvalue weighted by Crippen LogP contribution is 2.27. The van der Waals surface area contributed by atoms with Crippen molar-refractivity contribution in [2.75, 3.05) is 25.5 Å². The van der Waals surface area contributed by atoms with Gasteiger partial charge in [0.15, 0.2) is 5.82 Å². The van der Waals surface area contributed by atoms with Gasteiger partial charge in [-0.15, -0.1) is 0 Å². The van der Waals surface area contributed by atoms with Gasteiger partial charge in [0.1, 0.15) is 11.6 Å². The predicted octanol–water partition coefficient (Wildman–Crippen LogP) is 2.68. The topological polar surface area (TPSA) is 70.5 Å². The van der Waals surface area contributed by atoms with Crippen LogP contribution in [0.4, 0.5) is 5.82 Å². The molecule has 0 radical (unpaired) electrons. The lowest BCUT2D eigenvalue weighted by molar-refractivity contribution is 0.0983. The quantitative estimate of drug-likeness (QED) is 0.870. The Morgan fingerprint density at radius 1 is 1.24 bits per heavy atom. The van der Waals surface area contributed by atoms with Crippen molar-refractivity contribution in [3.05, 3.63) is 36.0 Å². The number of nitrogens with one attached hydrogen (secondary N) is 1. The number of phenols is 1. The van der Waals surface area contributed by atoms with E-state index in [9.17, 15) is 5.11 Å². The number of anilines is 1. The molecule has 0 aliphatic carbocycles. The van der Waals surface area contributed by atoms with Gasteiger partial charge in [0.2, 0.25) is 0 Å². The molecule has 2 aromatic rings. The molecule has 2 heterocycles. The molecule has 1 saturated heterocycles. The highest BCUT2D eigenvalue weighted by atomic mass is 16.5. The number of rotatable bonds is 5. The van der Waals surface area contributed by atoms with Crippen molar-refractivity contribution < 1.29 is 9.84 Å². The van der Waals surface area contributed by atoms with Gasteiger partial charge in [-0.05, 0) is 32.9 Å². The second-order valence-corrected chi connectivity index (χ2v) is 6.81. The Morgan fingerprint density at radius 3 is 2.68 bits per heavy atom. The van der Waals surface area contributed by atoms with E-state index in [1.807, 2.05) is 25.1 Å². The number of ether oxygens (including phenoxy) is 1. The summed E-state index contributed by atoms with van der Waals surface area (Å²) in [4.78, 5) is 11.5. The minimum Gasteiger partial charge on any atom is -0.507 e. The summed E-state index contributed by atoms with van der Waals surface area (Å²) < 4.78 is 5.65. The third-order valence-corrected chi connectivity index (χ3v) is 4.66. The number of para-hydroxylation sites is 1. The average molecular weight is 342 g/mol. The zero-order valence-corrected chi connectivity index (χ0v) is 15.2. The third-order valence-electron chi connectivity index (χ3n) is 4.66. The van der Waals surface area contributed by atoms with Gasteiger partial charge in [-0.2, -0.15) is 0 Å². The van der Waals surface area contributed by atoms with Gasteiger partial charge in [0.25, 0.3) is 0 Å². The molecule has 1 aromatic carbocycles. The summed E-state index contributed by atoms with van der Waals surface area (Å²) in [5, 5.41) is 13.6. The van der Waals surface area contributed by atoms with Crippen LogP contribution in [0.15, 0.2) is 30.3 Å². The number of hydrogen-bond donors (Lipinski definition) is 2. The smallest absolute Gasteiger partial charge is 0.165 e. The summed E-state index contributed by atoms with van der Waals surface area (Å²) in [7, 11) is 1.75. The summed E-state index contributed by atoms with van der Waals surface area (Å²) in [5.74, 6) is 1.46. The molecular weight excluding hydrogens is 316 g/mol. The molecule has 0 spiro atoms. The van der Waals surface area contributed by atoms with Crippen LogP contribution in [0, 0.1) is 6.92 Å². The fourth-order valence-electron chi connectivity index (χ4n) is 3.22. The molecule has 1 fully saturated rings. The van der Waals surface area contributed by atoms with Crippen LogP contribution >= 0.6 is 0 Å². The normalized spacial score (nSPS) is 21.0. The molecule has 2 atom stereocenters. The zero-order valence-electron chi connectivity index (χ0n) is 15.2. The van der Waals surface area contributed by atoms with Crippen molar-refractivity contribution in [3.63, 3.8) is 0 Å². The van der Waals surface area contributed by atoms with Gasteiger partial charge >= 0.3 is 0 Å². The molecule has 6 heteroatoms. The number of methoxy groups -OCH3 is 1. The lowest BCUT2D eigenvalue weighted by Crippen LogP contribution is -2.34. The van der Waals surface area contributed by atoms with Gasteiger partial charge in [-0.1, -0.05) is 12.1 Å². The SMILES string of the molecule is CO[C@@H]1CN(C(C)C)C[C@H]1Nc1cc(C)nc(-c2ccccc2O)n1. The molecule has 134 valence electrons. The molecule has 0 amide bonds. The van der Waals surface area contributed by atoms with Crippen molar-refractivity contribution in [1.29, 1.82) is 0 Å². The van der Waals surface area contributed by atoms with Crippen molar-refractivity contribution in [1.82, 2.24) is 14.9 Å². The Labute approximate surface area is 148 Å². The Bertz CT molecular complexity index is 735. The predicted molar refractivity (Wildman–Crippen MR) is 98.8 cm³/mol. The van der Waals surface area contributed by atoms with Crippen molar-refractivity contribution >= 4 is 5.82 Å². The number of hydrogen-bond acceptors (Lipinski definition) is 6. The summed E-state index contributed by atoms with van der Waals surface area (Å²) >= 11 is 0. The second-order valence-electron chi connectivity index (χ2n) is 6.81. The number of aromatic hydroxyl groups is 1. The molecule has 0 unspecified atom stereocenters. The number of benzene rings is 1. The van der Waals surface area contributed by atoms with E-state index < -0.39 is 0 Å². The number of likely N-dealkylation sites (tertiary alicyclic amines) is 1. The zero-order chi connectivity index (χ0) is 18.0. The van der Waals surface area contributed by atoms with Crippen LogP contribution in [0.25, 0.3) is 11.4 Å². The van der Waals surface area contributed by atoms with Gasteiger partial charge in [0, 0.05) is 38.0 Å². The fourth-order valence-corrected chi connectivity index (χ4v) is 3.22. The maximum atomic E-state index is 10.1. The molecule has 0 bridgehead atoms. The first kappa shape index (κ1) is 17.6. The van der Waals surface area contributed by atoms with Crippen LogP contribution in [-0.2, 0) is 4.74 Å². The maximum Gasteiger partial charge on any atom is 0.165 e. The molecule has 6 nitrogen and oxygen atoms in total. The summed E-state index contributed by atoms with van der Waals surface area (Å²) in [6.07, 6.45) is 0.117. The van der Waals surface area contributed by atoms with E-state index in [4.69, 9.17) is 4.74 Å². The van der Waals surface area contributed by atoms with E-state index >= 15 is 0 Å². The highest BCUT2D eigenvalue weighted by Gasteiger charge is 2.34. The van der Waals surface area contributed by atoms with Crippen LogP contribution in [-0.4, -0.2) is 58.4 Å². The van der Waals surface area contributed by atoms with E-state index in [0.29, 0.717) is 17.4 Å². The van der Waals surface area contributed by atoms with Gasteiger partial charge < -0.3 is 15.2 Å². The largest absolute Gasteiger partial charge is 0.507 e. The van der Waals surface area contributed by atoms with Gasteiger partial charge in [-0.25, -0.2) is 9.97 Å². The Morgan fingerprint density at radius 2 is 2.00 bits per heavy atom. The van der Waals surface area contributed by atoms with Crippen molar-refractivity contribution in [2.45, 2.75) is 39.0 Å². The number of phenolic OH excluding ortho intramolecular Hbond substituents is 1. The van der Waals surface area contributed by atoms with E-state index in [1.54, 1.807) is 19.2 Å². The van der Waals surface area contributed by atoms with Crippen molar-refractivity contribution in [2.24, 2.45) is 0 Å². The van der Waals surface area contributed by atoms with E-state index in [1.165, 1.54) is 0 Å². The van der Waals surface area contributed by atoms with Crippen LogP contribution < -0.4 is 5.32 Å². The number of aryl methyl sites for hydroxylation is 1. The lowest BCUT2D eigenvalue weighted by atomic mass is 10.2. The molecule has 3 rings (SSSR count). The van der Waals surface area contributed by atoms with E-state index in [0.717, 1.165) is 24.6 Å². The van der Waals surface area contributed by atoms with E-state index in [2.05, 4.69) is 34.0 Å². The van der Waals surface area contributed by atoms with Crippen LogP contribution in [0.5, 0.6) is 5.75 Å². The monoisotopic (exact) mass is 342 g/mol. The standard InChI is InChI=1S/C19H26N4O2/c1-12(2)23-10-15(17(11-23)25-4)21-18-9-13(3)20-19(22-18)14-7-5-6-8-16(14)24/h5-9,12,15,17,24H,10-11H2,1-4H3,(H,20,21,22)/t15-,17-/m1/s1. The van der Waals surface area contributed by atoms with Crippen LogP contribution in [0.1, 0.15) is 19.5 Å². The minimum atomic E-state index is 0.117. The molecule has 0 saturated carbocycles. The first-order valence-electron chi connectivity index (χ1n) is 8.65. The second kappa shape index (κ2) is 7.37. The summed E-state index contributed by atoms with van der Waals surface area (Å²) in [6, 6.07) is 9.69. The fraction of sp³-hybridized carbons (Fsp3) is 0.474. The van der Waals surface area contributed by atoms with Gasteiger partial charge in [0.05, 0.1) is 17.7 Å². The Hall–Kier alpha value is -2.18. The number of aromatic nitrogens is 2. The summed E-state index contributed by atoms with van der Waals surface area (Å²) in [6.45, 7) is 8.13. The molecule has 2 N–H and O–H groups in total. The first-order chi connectivity index (χ1) is 12.0. The Kier molecular flexibility index (Phi) is 5.20. The molecule has 1 aliphatic heterocycles. The summed E-state index contributed by atoms with van der Waals surface area (Å²) in [5.41, 5.74) is 1.48. The van der Waals surface area contributed by atoms with E-state index in [-0.39, 0.29) is 17.9 Å². The maximum absolute atomic E-state index is 10.1. The average Bonchev–Trinajstić information content (AvgIpc) is 2.98. The number of nitrogens with zero attached hydrogens (tertiary/aromatic N) is 3. The van der Waals surface area contributed by atoms with Crippen molar-refractivity contribution in [3.8, 4) is 17.1 Å². The van der Waals surface area contributed by atoms with Crippen LogP contribution in [0.3, 0.4) is 0 Å². The highest BCUT2D eigenvalue weighted by molar-refractivity contribution is 5.64. The molecule has 1 aromatic heterocycles. The minimum absolute atomic E-state index is 0.117. The molecular formula is C19H26N4O2. The first-order valence-corrected chi connectivity index (χ1v) is 8.65. The van der Waals surface area contributed by atoms with Gasteiger partial charge in [-0.3, -0.25) is 4.90 Å².